The summed E-state index contributed by atoms with van der Waals surface area (Å²) in [7, 11) is 0. The van der Waals surface area contributed by atoms with Crippen molar-refractivity contribution in [1.82, 2.24) is 5.32 Å². The zero-order valence-corrected chi connectivity index (χ0v) is 3.55. The van der Waals surface area contributed by atoms with Crippen molar-refractivity contribution < 1.29 is 0 Å². The molecule has 1 unspecified atom stereocenters. The van der Waals surface area contributed by atoms with Gasteiger partial charge in [-0.1, -0.05) is 0 Å². The van der Waals surface area contributed by atoms with Crippen LogP contribution in [0.15, 0.2) is 4.99 Å². The summed E-state index contributed by atoms with van der Waals surface area (Å²) in [5.74, 6) is 0. The maximum absolute atomic E-state index is 8.11. The lowest BCUT2D eigenvalue weighted by Gasteiger charge is -1.85. The van der Waals surface area contributed by atoms with Gasteiger partial charge in [-0.15, -0.1) is 0 Å². The smallest absolute Gasteiger partial charge is 0.165 e. The van der Waals surface area contributed by atoms with E-state index in [9.17, 15) is 0 Å². The van der Waals surface area contributed by atoms with Gasteiger partial charge in [-0.05, 0) is 0 Å². The van der Waals surface area contributed by atoms with Gasteiger partial charge in [-0.25, -0.2) is 4.99 Å². The molecule has 0 saturated heterocycles. The Bertz CT molecular complexity index is 121. The summed E-state index contributed by atoms with van der Waals surface area (Å²) >= 11 is 0. The molecule has 1 N–H and O–H groups in total. The molecule has 1 heterocycles. The van der Waals surface area contributed by atoms with Gasteiger partial charge in [-0.2, -0.15) is 5.26 Å². The number of rotatable bonds is 0. The van der Waals surface area contributed by atoms with E-state index in [0.29, 0.717) is 0 Å². The third-order valence-corrected chi connectivity index (χ3v) is 0.642. The molecule has 0 aliphatic carbocycles. The normalized spacial score (nSPS) is 26.4. The van der Waals surface area contributed by atoms with Gasteiger partial charge in [0.25, 0.3) is 0 Å². The molecule has 1 aliphatic rings. The highest BCUT2D eigenvalue weighted by molar-refractivity contribution is 5.59. The minimum absolute atomic E-state index is 0.319. The molecule has 3 heteroatoms. The lowest BCUT2D eigenvalue weighted by molar-refractivity contribution is 0.961. The predicted molar refractivity (Wildman–Crippen MR) is 24.3 cm³/mol. The number of hydrogen-bond donors (Lipinski definition) is 1. The topological polar surface area (TPSA) is 48.2 Å². The van der Waals surface area contributed by atoms with Crippen LogP contribution in [-0.4, -0.2) is 12.4 Å². The molecule has 1 aliphatic heterocycles. The van der Waals surface area contributed by atoms with Gasteiger partial charge >= 0.3 is 0 Å². The molecule has 7 heavy (non-hydrogen) atoms. The first kappa shape index (κ1) is 4.13. The molecule has 0 spiro atoms. The van der Waals surface area contributed by atoms with Gasteiger partial charge in [-0.3, -0.25) is 0 Å². The largest absolute Gasteiger partial charge is 0.359 e. The fraction of sp³-hybridized carbons (Fsp3) is 0.250. The Hall–Kier alpha value is -1.04. The molecule has 2 radical (unpaired) electrons. The van der Waals surface area contributed by atoms with Crippen LogP contribution < -0.4 is 5.32 Å². The maximum atomic E-state index is 8.11. The highest BCUT2D eigenvalue weighted by atomic mass is 15.0. The summed E-state index contributed by atoms with van der Waals surface area (Å²) in [6, 6.07) is 1.60. The molecule has 0 bridgehead atoms. The van der Waals surface area contributed by atoms with Crippen molar-refractivity contribution in [3.8, 4) is 6.07 Å². The van der Waals surface area contributed by atoms with Crippen LogP contribution in [0.5, 0.6) is 0 Å². The van der Waals surface area contributed by atoms with Crippen molar-refractivity contribution in [3.63, 3.8) is 0 Å². The summed E-state index contributed by atoms with van der Waals surface area (Å²) < 4.78 is 0. The first-order chi connectivity index (χ1) is 3.43. The van der Waals surface area contributed by atoms with Crippen molar-refractivity contribution in [1.29, 1.82) is 5.26 Å². The van der Waals surface area contributed by atoms with E-state index in [-0.39, 0.29) is 6.04 Å². The zero-order chi connectivity index (χ0) is 5.11. The van der Waals surface area contributed by atoms with Gasteiger partial charge in [0.15, 0.2) is 12.4 Å². The van der Waals surface area contributed by atoms with E-state index < -0.39 is 0 Å². The molecule has 0 saturated carbocycles. The van der Waals surface area contributed by atoms with Crippen molar-refractivity contribution in [2.24, 2.45) is 4.99 Å². The second-order valence-corrected chi connectivity index (χ2v) is 1.13. The molecular weight excluding hydrogens is 90.1 g/mol. The fourth-order valence-electron chi connectivity index (χ4n) is 0.326. The zero-order valence-electron chi connectivity index (χ0n) is 3.55. The molecule has 1 rings (SSSR count). The second kappa shape index (κ2) is 1.61. The van der Waals surface area contributed by atoms with E-state index in [1.165, 1.54) is 0 Å². The summed E-state index contributed by atoms with van der Waals surface area (Å²) in [5.41, 5.74) is 0. The second-order valence-electron chi connectivity index (χ2n) is 1.13. The van der Waals surface area contributed by atoms with Gasteiger partial charge in [0.05, 0.1) is 12.6 Å². The molecule has 34 valence electrons. The predicted octanol–water partition coefficient (Wildman–Crippen LogP) is -0.451. The van der Waals surface area contributed by atoms with Gasteiger partial charge in [0.2, 0.25) is 0 Å². The van der Waals surface area contributed by atoms with Crippen LogP contribution in [0.1, 0.15) is 0 Å². The van der Waals surface area contributed by atoms with E-state index in [1.54, 1.807) is 6.54 Å². The van der Waals surface area contributed by atoms with Crippen molar-refractivity contribution in [2.75, 3.05) is 0 Å². The molecule has 3 nitrogen and oxygen atoms in total. The van der Waals surface area contributed by atoms with E-state index >= 15 is 0 Å². The molecule has 1 atom stereocenters. The summed E-state index contributed by atoms with van der Waals surface area (Å²) in [6.45, 7) is 1.57. The first-order valence-electron chi connectivity index (χ1n) is 1.87. The van der Waals surface area contributed by atoms with E-state index in [2.05, 4.69) is 16.6 Å². The minimum Gasteiger partial charge on any atom is -0.359 e. The van der Waals surface area contributed by atoms with Crippen LogP contribution in [0, 0.1) is 17.9 Å². The highest BCUT2D eigenvalue weighted by Crippen LogP contribution is 1.93. The van der Waals surface area contributed by atoms with Gasteiger partial charge in [0, 0.05) is 0 Å². The Morgan fingerprint density at radius 2 is 2.86 bits per heavy atom. The molecule has 0 aromatic carbocycles. The highest BCUT2D eigenvalue weighted by Gasteiger charge is 2.07. The number of aliphatic imine (C=N–C) groups is 1. The molecular formula is C4H3N3. The number of nitrogens with one attached hydrogen (secondary N) is 1. The van der Waals surface area contributed by atoms with Crippen molar-refractivity contribution in [2.45, 2.75) is 6.04 Å². The van der Waals surface area contributed by atoms with Crippen LogP contribution in [-0.2, 0) is 0 Å². The molecule has 0 fully saturated rings. The van der Waals surface area contributed by atoms with Crippen LogP contribution in [0.4, 0.5) is 0 Å². The van der Waals surface area contributed by atoms with E-state index in [0.717, 1.165) is 0 Å². The third-order valence-electron chi connectivity index (χ3n) is 0.642. The van der Waals surface area contributed by atoms with E-state index in [1.807, 2.05) is 6.07 Å². The number of hydrogen-bond acceptors (Lipinski definition) is 3. The third kappa shape index (κ3) is 0.686. The summed E-state index contributed by atoms with van der Waals surface area (Å²) in [4.78, 5) is 3.58. The van der Waals surface area contributed by atoms with Crippen LogP contribution >= 0.6 is 0 Å². The van der Waals surface area contributed by atoms with E-state index in [4.69, 9.17) is 5.26 Å². The standard InChI is InChI=1S/C4H3N3/c5-1-4-2-6-3-7-4/h2,4H,(H,6,7). The summed E-state index contributed by atoms with van der Waals surface area (Å²) in [6.07, 6.45) is 2.42. The Labute approximate surface area is 41.7 Å². The lowest BCUT2D eigenvalue weighted by Crippen LogP contribution is -2.04. The Kier molecular flexibility index (Phi) is 0.947. The Morgan fingerprint density at radius 3 is 3.14 bits per heavy atom. The van der Waals surface area contributed by atoms with Crippen LogP contribution in [0.2, 0.25) is 0 Å². The molecule has 0 aromatic heterocycles. The van der Waals surface area contributed by atoms with Crippen molar-refractivity contribution in [3.05, 3.63) is 6.54 Å². The lowest BCUT2D eigenvalue weighted by atomic mass is 10.4. The molecule has 0 aromatic rings. The van der Waals surface area contributed by atoms with Crippen LogP contribution in [0.3, 0.4) is 0 Å². The van der Waals surface area contributed by atoms with Crippen LogP contribution in [0.25, 0.3) is 0 Å². The monoisotopic (exact) mass is 93.0 g/mol. The first-order valence-corrected chi connectivity index (χ1v) is 1.87. The Morgan fingerprint density at radius 1 is 2.00 bits per heavy atom. The minimum atomic E-state index is -0.319. The van der Waals surface area contributed by atoms with Gasteiger partial charge < -0.3 is 5.32 Å². The number of nitriles is 1. The summed E-state index contributed by atoms with van der Waals surface area (Å²) in [5, 5.41) is 10.7. The average Bonchev–Trinajstić information content (AvgIpc) is 2.14. The quantitative estimate of drug-likeness (QED) is 0.441. The Balaban J connectivity index is 2.47. The molecule has 0 amide bonds. The maximum Gasteiger partial charge on any atom is 0.165 e. The van der Waals surface area contributed by atoms with Crippen molar-refractivity contribution >= 4 is 6.34 Å². The SMILES string of the molecule is N#CC1[CH]N[C]=N1. The number of nitrogens with zero attached hydrogens (tertiary/aromatic N) is 2. The fourth-order valence-corrected chi connectivity index (χ4v) is 0.326. The van der Waals surface area contributed by atoms with Gasteiger partial charge in [0.1, 0.15) is 0 Å². The average molecular weight is 93.1 g/mol.